The highest BCUT2D eigenvalue weighted by Gasteiger charge is 2.35. The van der Waals surface area contributed by atoms with Crippen LogP contribution in [0.2, 0.25) is 5.02 Å². The Bertz CT molecular complexity index is 410. The highest BCUT2D eigenvalue weighted by atomic mass is 35.5. The average Bonchev–Trinajstić information content (AvgIpc) is 2.60. The smallest absolute Gasteiger partial charge is 0.0579 e. The molecule has 4 heteroatoms. The van der Waals surface area contributed by atoms with E-state index in [9.17, 15) is 4.21 Å². The fraction of sp³-hybridized carbons (Fsp3) is 0.500. The summed E-state index contributed by atoms with van der Waals surface area (Å²) in [4.78, 5) is 0.745. The van der Waals surface area contributed by atoms with E-state index in [1.807, 2.05) is 18.2 Å². The molecule has 0 spiro atoms. The Hall–Kier alpha value is -0.380. The lowest BCUT2D eigenvalue weighted by atomic mass is 10.1. The van der Waals surface area contributed by atoms with Gasteiger partial charge in [0.25, 0.3) is 0 Å². The van der Waals surface area contributed by atoms with Gasteiger partial charge in [-0.1, -0.05) is 30.7 Å². The fourth-order valence-electron chi connectivity index (χ4n) is 2.23. The Kier molecular flexibility index (Phi) is 3.67. The molecule has 0 saturated heterocycles. The van der Waals surface area contributed by atoms with Gasteiger partial charge in [-0.05, 0) is 30.9 Å². The van der Waals surface area contributed by atoms with Gasteiger partial charge in [-0.15, -0.1) is 0 Å². The second kappa shape index (κ2) is 4.86. The van der Waals surface area contributed by atoms with E-state index >= 15 is 0 Å². The molecule has 1 aromatic rings. The van der Waals surface area contributed by atoms with Gasteiger partial charge < -0.3 is 5.73 Å². The van der Waals surface area contributed by atoms with Gasteiger partial charge in [-0.2, -0.15) is 0 Å². The number of benzene rings is 1. The van der Waals surface area contributed by atoms with Crippen molar-refractivity contribution >= 4 is 22.4 Å². The molecule has 0 aromatic heterocycles. The van der Waals surface area contributed by atoms with Crippen molar-refractivity contribution in [2.75, 3.05) is 0 Å². The van der Waals surface area contributed by atoms with Crippen LogP contribution in [0.25, 0.3) is 0 Å². The Morgan fingerprint density at radius 1 is 1.38 bits per heavy atom. The summed E-state index contributed by atoms with van der Waals surface area (Å²) in [6, 6.07) is 7.53. The Labute approximate surface area is 104 Å². The first kappa shape index (κ1) is 12.1. The molecule has 0 bridgehead atoms. The maximum Gasteiger partial charge on any atom is 0.0579 e. The summed E-state index contributed by atoms with van der Waals surface area (Å²) < 4.78 is 12.4. The molecule has 0 amide bonds. The molecule has 0 radical (unpaired) electrons. The largest absolute Gasteiger partial charge is 0.327 e. The zero-order chi connectivity index (χ0) is 11.7. The molecule has 2 rings (SSSR count). The van der Waals surface area contributed by atoms with Gasteiger partial charge in [0.05, 0.1) is 20.7 Å². The first-order valence-corrected chi connectivity index (χ1v) is 7.11. The van der Waals surface area contributed by atoms with E-state index in [-0.39, 0.29) is 11.3 Å². The molecule has 0 aliphatic heterocycles. The molecule has 1 aliphatic carbocycles. The second-order valence-corrected chi connectivity index (χ2v) is 6.41. The van der Waals surface area contributed by atoms with E-state index < -0.39 is 10.8 Å². The molecule has 4 unspecified atom stereocenters. The lowest BCUT2D eigenvalue weighted by Gasteiger charge is -2.18. The monoisotopic (exact) mass is 257 g/mol. The third-order valence-corrected chi connectivity index (χ3v) is 5.82. The molecule has 16 heavy (non-hydrogen) atoms. The molecular formula is C12H16ClNOS. The topological polar surface area (TPSA) is 43.1 Å². The summed E-state index contributed by atoms with van der Waals surface area (Å²) in [6.07, 6.45) is 1.89. The SMILES string of the molecule is CC1C(N)CCC1S(=O)c1ccccc1Cl. The van der Waals surface area contributed by atoms with Crippen molar-refractivity contribution in [1.82, 2.24) is 0 Å². The van der Waals surface area contributed by atoms with E-state index in [2.05, 4.69) is 6.92 Å². The molecule has 88 valence electrons. The van der Waals surface area contributed by atoms with Gasteiger partial charge in [0, 0.05) is 11.3 Å². The lowest BCUT2D eigenvalue weighted by molar-refractivity contribution is 0.526. The standard InChI is InChI=1S/C12H16ClNOS/c1-8-10(14)6-7-11(8)16(15)12-5-3-2-4-9(12)13/h2-5,8,10-11H,6-7,14H2,1H3. The van der Waals surface area contributed by atoms with Gasteiger partial charge in [-0.3, -0.25) is 4.21 Å². The predicted octanol–water partition coefficient (Wildman–Crippen LogP) is 2.57. The van der Waals surface area contributed by atoms with Crippen LogP contribution in [0.4, 0.5) is 0 Å². The van der Waals surface area contributed by atoms with Gasteiger partial charge in [0.15, 0.2) is 0 Å². The van der Waals surface area contributed by atoms with Crippen LogP contribution < -0.4 is 5.73 Å². The number of halogens is 1. The normalized spacial score (nSPS) is 31.6. The van der Waals surface area contributed by atoms with Crippen LogP contribution in [0.15, 0.2) is 29.2 Å². The Balaban J connectivity index is 2.23. The number of hydrogen-bond acceptors (Lipinski definition) is 2. The summed E-state index contributed by atoms with van der Waals surface area (Å²) in [5.41, 5.74) is 5.96. The van der Waals surface area contributed by atoms with Crippen LogP contribution in [-0.2, 0) is 10.8 Å². The number of hydrogen-bond donors (Lipinski definition) is 1. The van der Waals surface area contributed by atoms with Crippen LogP contribution in [0.5, 0.6) is 0 Å². The van der Waals surface area contributed by atoms with Crippen LogP contribution >= 0.6 is 11.6 Å². The quantitative estimate of drug-likeness (QED) is 0.885. The van der Waals surface area contributed by atoms with Gasteiger partial charge in [0.1, 0.15) is 0 Å². The van der Waals surface area contributed by atoms with Gasteiger partial charge >= 0.3 is 0 Å². The van der Waals surface area contributed by atoms with Crippen LogP contribution in [0.3, 0.4) is 0 Å². The Morgan fingerprint density at radius 3 is 2.62 bits per heavy atom. The van der Waals surface area contributed by atoms with Crippen molar-refractivity contribution in [3.8, 4) is 0 Å². The van der Waals surface area contributed by atoms with Gasteiger partial charge in [-0.25, -0.2) is 0 Å². The third kappa shape index (κ3) is 2.17. The maximum absolute atomic E-state index is 12.4. The van der Waals surface area contributed by atoms with E-state index in [0.717, 1.165) is 17.7 Å². The summed E-state index contributed by atoms with van der Waals surface area (Å²) in [7, 11) is -1.03. The lowest BCUT2D eigenvalue weighted by Crippen LogP contribution is -2.29. The zero-order valence-corrected chi connectivity index (χ0v) is 10.8. The fourth-order valence-corrected chi connectivity index (χ4v) is 4.34. The highest BCUT2D eigenvalue weighted by molar-refractivity contribution is 7.85. The molecular weight excluding hydrogens is 242 g/mol. The summed E-state index contributed by atoms with van der Waals surface area (Å²) >= 11 is 6.06. The average molecular weight is 258 g/mol. The highest BCUT2D eigenvalue weighted by Crippen LogP contribution is 2.33. The molecule has 2 N–H and O–H groups in total. The summed E-state index contributed by atoms with van der Waals surface area (Å²) in [5.74, 6) is 0.303. The molecule has 1 aliphatic rings. The van der Waals surface area contributed by atoms with Crippen molar-refractivity contribution in [2.24, 2.45) is 11.7 Å². The number of nitrogens with two attached hydrogens (primary N) is 1. The first-order valence-electron chi connectivity index (χ1n) is 5.52. The molecule has 1 fully saturated rings. The molecule has 2 nitrogen and oxygen atoms in total. The molecule has 1 saturated carbocycles. The summed E-state index contributed by atoms with van der Waals surface area (Å²) in [6.45, 7) is 2.08. The van der Waals surface area contributed by atoms with Crippen LogP contribution in [-0.4, -0.2) is 15.5 Å². The van der Waals surface area contributed by atoms with Gasteiger partial charge in [0.2, 0.25) is 0 Å². The zero-order valence-electron chi connectivity index (χ0n) is 9.23. The minimum Gasteiger partial charge on any atom is -0.327 e. The van der Waals surface area contributed by atoms with Crippen molar-refractivity contribution in [3.05, 3.63) is 29.3 Å². The summed E-state index contributed by atoms with van der Waals surface area (Å²) in [5, 5.41) is 0.739. The maximum atomic E-state index is 12.4. The molecule has 0 heterocycles. The predicted molar refractivity (Wildman–Crippen MR) is 68.0 cm³/mol. The van der Waals surface area contributed by atoms with E-state index in [4.69, 9.17) is 17.3 Å². The van der Waals surface area contributed by atoms with Crippen molar-refractivity contribution in [3.63, 3.8) is 0 Å². The second-order valence-electron chi connectivity index (χ2n) is 4.37. The molecule has 1 aromatic carbocycles. The minimum atomic E-state index is -1.03. The van der Waals surface area contributed by atoms with E-state index in [1.54, 1.807) is 6.07 Å². The van der Waals surface area contributed by atoms with Crippen LogP contribution in [0.1, 0.15) is 19.8 Å². The van der Waals surface area contributed by atoms with Crippen molar-refractivity contribution < 1.29 is 4.21 Å². The van der Waals surface area contributed by atoms with E-state index in [0.29, 0.717) is 10.9 Å². The van der Waals surface area contributed by atoms with Crippen molar-refractivity contribution in [1.29, 1.82) is 0 Å². The van der Waals surface area contributed by atoms with Crippen molar-refractivity contribution in [2.45, 2.75) is 36.0 Å². The Morgan fingerprint density at radius 2 is 2.06 bits per heavy atom. The minimum absolute atomic E-state index is 0.148. The van der Waals surface area contributed by atoms with E-state index in [1.165, 1.54) is 0 Å². The first-order chi connectivity index (χ1) is 7.61. The number of rotatable bonds is 2. The van der Waals surface area contributed by atoms with Crippen LogP contribution in [0, 0.1) is 5.92 Å². The third-order valence-electron chi connectivity index (χ3n) is 3.37. The molecule has 4 atom stereocenters.